The molecule has 3 rings (SSSR count). The Kier molecular flexibility index (Phi) is 7.81. The first-order chi connectivity index (χ1) is 14.0. The van der Waals surface area contributed by atoms with Crippen LogP contribution in [0.3, 0.4) is 0 Å². The Morgan fingerprint density at radius 3 is 2.72 bits per heavy atom. The van der Waals surface area contributed by atoms with Crippen molar-refractivity contribution in [2.45, 2.75) is 71.9 Å². The van der Waals surface area contributed by atoms with E-state index >= 15 is 0 Å². The summed E-state index contributed by atoms with van der Waals surface area (Å²) < 4.78 is 5.21. The number of benzene rings is 1. The summed E-state index contributed by atoms with van der Waals surface area (Å²) in [6.07, 6.45) is 4.46. The second-order valence-corrected chi connectivity index (χ2v) is 8.63. The number of aryl methyl sites for hydroxylation is 1. The van der Waals surface area contributed by atoms with Crippen LogP contribution in [0, 0.1) is 5.92 Å². The lowest BCUT2D eigenvalue weighted by Crippen LogP contribution is -2.33. The van der Waals surface area contributed by atoms with Crippen LogP contribution in [0.4, 0.5) is 0 Å². The van der Waals surface area contributed by atoms with E-state index in [9.17, 15) is 4.79 Å². The zero-order valence-corrected chi connectivity index (χ0v) is 18.0. The number of nitrogens with one attached hydrogen (secondary N) is 1. The van der Waals surface area contributed by atoms with Crippen LogP contribution in [0.5, 0.6) is 0 Å². The van der Waals surface area contributed by atoms with Gasteiger partial charge in [0, 0.05) is 38.4 Å². The Balaban J connectivity index is 1.35. The molecule has 0 spiro atoms. The van der Waals surface area contributed by atoms with E-state index in [0.29, 0.717) is 31.7 Å². The summed E-state index contributed by atoms with van der Waals surface area (Å²) in [5.74, 6) is 2.45. The van der Waals surface area contributed by atoms with Crippen molar-refractivity contribution in [3.63, 3.8) is 0 Å². The van der Waals surface area contributed by atoms with Crippen LogP contribution in [-0.2, 0) is 24.3 Å². The maximum atomic E-state index is 12.1. The molecule has 0 radical (unpaired) electrons. The molecule has 0 saturated carbocycles. The molecule has 158 valence electrons. The van der Waals surface area contributed by atoms with Gasteiger partial charge in [0.1, 0.15) is 0 Å². The predicted octanol–water partition coefficient (Wildman–Crippen LogP) is 4.06. The fourth-order valence-corrected chi connectivity index (χ4v) is 3.74. The van der Waals surface area contributed by atoms with Crippen molar-refractivity contribution in [2.24, 2.45) is 5.92 Å². The number of carbonyl (C=O) groups excluding carboxylic acids is 1. The summed E-state index contributed by atoms with van der Waals surface area (Å²) in [5.41, 5.74) is 2.47. The van der Waals surface area contributed by atoms with Crippen LogP contribution in [0.15, 0.2) is 28.8 Å². The van der Waals surface area contributed by atoms with E-state index in [2.05, 4.69) is 51.5 Å². The molecule has 1 aliphatic heterocycles. The van der Waals surface area contributed by atoms with E-state index in [4.69, 9.17) is 4.52 Å². The number of hydrogen-bond donors (Lipinski definition) is 1. The zero-order chi connectivity index (χ0) is 20.6. The van der Waals surface area contributed by atoms with Gasteiger partial charge in [-0.1, -0.05) is 50.2 Å². The maximum Gasteiger partial charge on any atom is 0.226 e. The third-order valence-electron chi connectivity index (χ3n) is 5.45. The quantitative estimate of drug-likeness (QED) is 0.690. The summed E-state index contributed by atoms with van der Waals surface area (Å²) in [4.78, 5) is 19.0. The van der Waals surface area contributed by atoms with E-state index in [0.717, 1.165) is 23.9 Å². The van der Waals surface area contributed by atoms with Gasteiger partial charge in [-0.3, -0.25) is 9.69 Å². The Hall–Kier alpha value is -2.21. The van der Waals surface area contributed by atoms with Crippen LogP contribution in [0.25, 0.3) is 0 Å². The highest BCUT2D eigenvalue weighted by molar-refractivity contribution is 5.75. The Bertz CT molecular complexity index is 769. The Morgan fingerprint density at radius 2 is 2.03 bits per heavy atom. The molecule has 1 saturated heterocycles. The van der Waals surface area contributed by atoms with Crippen LogP contribution in [-0.4, -0.2) is 34.0 Å². The van der Waals surface area contributed by atoms with Gasteiger partial charge in [0.05, 0.1) is 0 Å². The summed E-state index contributed by atoms with van der Waals surface area (Å²) in [7, 11) is 0. The summed E-state index contributed by atoms with van der Waals surface area (Å²) >= 11 is 0. The fraction of sp³-hybridized carbons (Fsp3) is 0.609. The first-order valence-corrected chi connectivity index (χ1v) is 10.9. The van der Waals surface area contributed by atoms with Crippen molar-refractivity contribution in [1.29, 1.82) is 0 Å². The van der Waals surface area contributed by atoms with E-state index in [1.807, 2.05) is 13.8 Å². The van der Waals surface area contributed by atoms with Gasteiger partial charge >= 0.3 is 0 Å². The molecule has 0 aliphatic carbocycles. The van der Waals surface area contributed by atoms with Gasteiger partial charge in [-0.15, -0.1) is 0 Å². The summed E-state index contributed by atoms with van der Waals surface area (Å²) in [6, 6.07) is 8.61. The molecule has 1 aromatic carbocycles. The topological polar surface area (TPSA) is 71.3 Å². The van der Waals surface area contributed by atoms with Crippen molar-refractivity contribution in [3.05, 3.63) is 47.1 Å². The molecule has 1 N–H and O–H groups in total. The zero-order valence-electron chi connectivity index (χ0n) is 18.0. The van der Waals surface area contributed by atoms with Gasteiger partial charge in [0.25, 0.3) is 0 Å². The lowest BCUT2D eigenvalue weighted by molar-refractivity contribution is -0.121. The van der Waals surface area contributed by atoms with Crippen molar-refractivity contribution in [3.8, 4) is 0 Å². The number of hydrogen-bond acceptors (Lipinski definition) is 5. The average Bonchev–Trinajstić information content (AvgIpc) is 3.17. The third-order valence-corrected chi connectivity index (χ3v) is 5.45. The molecule has 2 aromatic rings. The highest BCUT2D eigenvalue weighted by Crippen LogP contribution is 2.18. The molecule has 1 aliphatic rings. The lowest BCUT2D eigenvalue weighted by Gasteiger charge is -2.30. The largest absolute Gasteiger partial charge is 0.352 e. The van der Waals surface area contributed by atoms with Gasteiger partial charge in [-0.2, -0.15) is 4.98 Å². The monoisotopic (exact) mass is 398 g/mol. The number of piperidine rings is 1. The van der Waals surface area contributed by atoms with Crippen LogP contribution in [0.1, 0.15) is 75.2 Å². The van der Waals surface area contributed by atoms with Crippen LogP contribution < -0.4 is 5.32 Å². The second-order valence-electron chi connectivity index (χ2n) is 8.63. The number of amides is 1. The molecule has 29 heavy (non-hydrogen) atoms. The minimum atomic E-state index is 0.0555. The van der Waals surface area contributed by atoms with Gasteiger partial charge in [0.2, 0.25) is 11.8 Å². The van der Waals surface area contributed by atoms with E-state index < -0.39 is 0 Å². The van der Waals surface area contributed by atoms with Gasteiger partial charge in [-0.25, -0.2) is 0 Å². The van der Waals surface area contributed by atoms with E-state index in [1.54, 1.807) is 0 Å². The predicted molar refractivity (Wildman–Crippen MR) is 113 cm³/mol. The number of aromatic nitrogens is 2. The molecule has 1 atom stereocenters. The summed E-state index contributed by atoms with van der Waals surface area (Å²) in [6.45, 7) is 10.4. The number of carbonyl (C=O) groups is 1. The second kappa shape index (κ2) is 10.5. The number of likely N-dealkylation sites (tertiary alicyclic amines) is 1. The molecule has 1 amide bonds. The Labute approximate surface area is 174 Å². The normalized spacial score (nSPS) is 17.6. The molecule has 6 nitrogen and oxygen atoms in total. The summed E-state index contributed by atoms with van der Waals surface area (Å²) in [5, 5.41) is 6.95. The molecule has 1 fully saturated rings. The third kappa shape index (κ3) is 6.96. The van der Waals surface area contributed by atoms with Gasteiger partial charge < -0.3 is 9.84 Å². The number of nitrogens with zero attached hydrogens (tertiary/aromatic N) is 3. The SMILES string of the molecule is CC1CCCN(Cc2ccc(CNC(=O)CCCc3nc(C(C)C)no3)cc2)C1. The average molecular weight is 399 g/mol. The van der Waals surface area contributed by atoms with Crippen LogP contribution in [0.2, 0.25) is 0 Å². The maximum absolute atomic E-state index is 12.1. The van der Waals surface area contributed by atoms with E-state index in [-0.39, 0.29) is 11.8 Å². The lowest BCUT2D eigenvalue weighted by atomic mass is 9.99. The molecule has 6 heteroatoms. The molecule has 2 heterocycles. The van der Waals surface area contributed by atoms with Gasteiger partial charge in [0.15, 0.2) is 5.82 Å². The molecular formula is C23H34N4O2. The minimum absolute atomic E-state index is 0.0555. The van der Waals surface area contributed by atoms with Crippen molar-refractivity contribution in [2.75, 3.05) is 13.1 Å². The number of rotatable bonds is 9. The highest BCUT2D eigenvalue weighted by Gasteiger charge is 2.16. The van der Waals surface area contributed by atoms with Crippen LogP contribution >= 0.6 is 0 Å². The molecular weight excluding hydrogens is 364 g/mol. The Morgan fingerprint density at radius 1 is 1.28 bits per heavy atom. The molecule has 1 aromatic heterocycles. The smallest absolute Gasteiger partial charge is 0.226 e. The standard InChI is InChI=1S/C23H34N4O2/c1-17(2)23-25-22(29-26-23)8-4-7-21(28)24-14-19-9-11-20(12-10-19)16-27-13-5-6-18(3)15-27/h9-12,17-18H,4-8,13-16H2,1-3H3,(H,24,28). The molecule has 1 unspecified atom stereocenters. The fourth-order valence-electron chi connectivity index (χ4n) is 3.74. The minimum Gasteiger partial charge on any atom is -0.352 e. The first kappa shape index (κ1) is 21.5. The molecule has 0 bridgehead atoms. The van der Waals surface area contributed by atoms with Crippen molar-refractivity contribution >= 4 is 5.91 Å². The van der Waals surface area contributed by atoms with Crippen molar-refractivity contribution < 1.29 is 9.32 Å². The highest BCUT2D eigenvalue weighted by atomic mass is 16.5. The van der Waals surface area contributed by atoms with Crippen molar-refractivity contribution in [1.82, 2.24) is 20.4 Å². The first-order valence-electron chi connectivity index (χ1n) is 10.9. The van der Waals surface area contributed by atoms with Gasteiger partial charge in [-0.05, 0) is 42.9 Å². The van der Waals surface area contributed by atoms with E-state index in [1.165, 1.54) is 31.5 Å².